The van der Waals surface area contributed by atoms with Crippen LogP contribution in [0.15, 0.2) is 36.5 Å². The molecule has 2 aromatic heterocycles. The summed E-state index contributed by atoms with van der Waals surface area (Å²) in [5, 5.41) is 11.2. The molecule has 0 saturated carbocycles. The van der Waals surface area contributed by atoms with Crippen LogP contribution in [-0.2, 0) is 0 Å². The molecule has 0 radical (unpaired) electrons. The Morgan fingerprint density at radius 2 is 1.89 bits per heavy atom. The van der Waals surface area contributed by atoms with Crippen molar-refractivity contribution in [1.29, 1.82) is 0 Å². The molecule has 1 unspecified atom stereocenters. The van der Waals surface area contributed by atoms with Crippen molar-refractivity contribution in [3.05, 3.63) is 52.3 Å². The van der Waals surface area contributed by atoms with E-state index in [-0.39, 0.29) is 51.9 Å². The maximum absolute atomic E-state index is 14.0. The molecule has 0 aliphatic carbocycles. The number of methoxy groups -OCH3 is 2. The number of carbonyl (C=O) groups excluding carboxylic acids is 1. The van der Waals surface area contributed by atoms with Crippen LogP contribution in [0.4, 0.5) is 13.2 Å². The Hall–Kier alpha value is -3.09. The second-order valence-electron chi connectivity index (χ2n) is 7.01. The summed E-state index contributed by atoms with van der Waals surface area (Å²) in [6.45, 7) is -0.962. The molecule has 35 heavy (non-hydrogen) atoms. The minimum atomic E-state index is -4.70. The van der Waals surface area contributed by atoms with Crippen LogP contribution in [-0.4, -0.2) is 61.1 Å². The van der Waals surface area contributed by atoms with Crippen molar-refractivity contribution in [3.8, 4) is 27.8 Å². The van der Waals surface area contributed by atoms with E-state index in [1.807, 2.05) is 0 Å². The first kappa shape index (κ1) is 26.5. The van der Waals surface area contributed by atoms with Crippen LogP contribution in [0.2, 0.25) is 4.47 Å². The lowest BCUT2D eigenvalue weighted by molar-refractivity contribution is -0.149. The first-order valence-electron chi connectivity index (χ1n) is 10.1. The zero-order chi connectivity index (χ0) is 25.6. The summed E-state index contributed by atoms with van der Waals surface area (Å²) in [5.74, 6) is -2.09. The summed E-state index contributed by atoms with van der Waals surface area (Å²) < 4.78 is 57.8. The number of rotatable bonds is 10. The van der Waals surface area contributed by atoms with Crippen molar-refractivity contribution in [2.24, 2.45) is 0 Å². The third-order valence-electron chi connectivity index (χ3n) is 4.80. The molecule has 0 bridgehead atoms. The predicted octanol–water partition coefficient (Wildman–Crippen LogP) is 4.32. The van der Waals surface area contributed by atoms with E-state index in [1.54, 1.807) is 0 Å². The fraction of sp³-hybridized carbons (Fsp3) is 0.318. The molecule has 0 fully saturated rings. The van der Waals surface area contributed by atoms with E-state index in [2.05, 4.69) is 15.3 Å². The van der Waals surface area contributed by atoms with Crippen LogP contribution in [0.25, 0.3) is 10.6 Å². The molecule has 0 spiro atoms. The van der Waals surface area contributed by atoms with Crippen LogP contribution in [0.5, 0.6) is 17.2 Å². The zero-order valence-corrected chi connectivity index (χ0v) is 20.1. The number of thiazole rings is 1. The Morgan fingerprint density at radius 1 is 1.17 bits per heavy atom. The number of carbonyl (C=O) groups is 1. The summed E-state index contributed by atoms with van der Waals surface area (Å²) >= 11 is 6.91. The summed E-state index contributed by atoms with van der Waals surface area (Å²) in [4.78, 5) is 21.1. The summed E-state index contributed by atoms with van der Waals surface area (Å²) in [6.07, 6.45) is -3.30. The molecule has 188 valence electrons. The Kier molecular flexibility index (Phi) is 8.76. The smallest absolute Gasteiger partial charge is 0.398 e. The Bertz CT molecular complexity index is 1180. The molecule has 8 nitrogen and oxygen atoms in total. The number of benzene rings is 1. The van der Waals surface area contributed by atoms with Crippen LogP contribution < -0.4 is 19.5 Å². The topological polar surface area (TPSA) is 103 Å². The van der Waals surface area contributed by atoms with Crippen molar-refractivity contribution in [2.45, 2.75) is 12.1 Å². The molecule has 2 N–H and O–H groups in total. The van der Waals surface area contributed by atoms with Gasteiger partial charge in [-0.3, -0.25) is 4.79 Å². The van der Waals surface area contributed by atoms with Crippen molar-refractivity contribution in [2.75, 3.05) is 34.0 Å². The van der Waals surface area contributed by atoms with E-state index in [0.717, 1.165) is 11.3 Å². The van der Waals surface area contributed by atoms with E-state index in [4.69, 9.17) is 30.9 Å². The minimum Gasteiger partial charge on any atom is -0.494 e. The van der Waals surface area contributed by atoms with Gasteiger partial charge in [0.2, 0.25) is 0 Å². The third kappa shape index (κ3) is 6.53. The molecule has 1 atom stereocenters. The molecular formula is C22H21ClF3N3O5S. The first-order valence-corrected chi connectivity index (χ1v) is 11.3. The third-order valence-corrected chi connectivity index (χ3v) is 5.93. The van der Waals surface area contributed by atoms with Gasteiger partial charge in [0.05, 0.1) is 31.4 Å². The monoisotopic (exact) mass is 531 g/mol. The van der Waals surface area contributed by atoms with Crippen molar-refractivity contribution < 1.29 is 37.3 Å². The second-order valence-corrected chi connectivity index (χ2v) is 8.62. The van der Waals surface area contributed by atoms with Crippen LogP contribution in [0.3, 0.4) is 0 Å². The summed E-state index contributed by atoms with van der Waals surface area (Å²) in [5.41, 5.74) is -0.0663. The maximum atomic E-state index is 14.0. The van der Waals surface area contributed by atoms with Gasteiger partial charge in [-0.2, -0.15) is 13.2 Å². The summed E-state index contributed by atoms with van der Waals surface area (Å²) in [7, 11) is 2.73. The number of halogens is 4. The zero-order valence-electron chi connectivity index (χ0n) is 18.6. The Morgan fingerprint density at radius 3 is 2.49 bits per heavy atom. The van der Waals surface area contributed by atoms with Gasteiger partial charge < -0.3 is 24.6 Å². The van der Waals surface area contributed by atoms with Crippen molar-refractivity contribution in [3.63, 3.8) is 0 Å². The molecule has 13 heteroatoms. The first-order chi connectivity index (χ1) is 16.7. The van der Waals surface area contributed by atoms with E-state index >= 15 is 0 Å². The Balaban J connectivity index is 1.84. The molecule has 3 aromatic rings. The van der Waals surface area contributed by atoms with Gasteiger partial charge in [0.15, 0.2) is 16.0 Å². The van der Waals surface area contributed by atoms with Gasteiger partial charge >= 0.3 is 6.18 Å². The normalized spacial score (nSPS) is 12.2. The lowest BCUT2D eigenvalue weighted by Gasteiger charge is -2.21. The number of aromatic nitrogens is 2. The molecule has 0 aliphatic heterocycles. The van der Waals surface area contributed by atoms with Crippen LogP contribution in [0, 0.1) is 0 Å². The highest BCUT2D eigenvalue weighted by molar-refractivity contribution is 7.18. The molecule has 2 heterocycles. The fourth-order valence-electron chi connectivity index (χ4n) is 3.13. The van der Waals surface area contributed by atoms with Crippen molar-refractivity contribution in [1.82, 2.24) is 15.3 Å². The Labute approximate surface area is 207 Å². The van der Waals surface area contributed by atoms with Crippen molar-refractivity contribution >= 4 is 28.8 Å². The average Bonchev–Trinajstić information content (AvgIpc) is 3.27. The van der Waals surface area contributed by atoms with E-state index in [1.165, 1.54) is 50.7 Å². The lowest BCUT2D eigenvalue weighted by Crippen LogP contribution is -2.35. The predicted molar refractivity (Wildman–Crippen MR) is 124 cm³/mol. The standard InChI is InChI=1S/C22H21ClF3N3O5S/c1-32-16-6-4-14(29-19(16)18-11-28-21(23)35-18)13(22(24,25)26)10-27-20(31)12-3-5-15(34-8-7-30)17(9-12)33-2/h3-6,9,11,13,30H,7-8,10H2,1-2H3,(H,27,31). The largest absolute Gasteiger partial charge is 0.494 e. The van der Waals surface area contributed by atoms with Gasteiger partial charge in [-0.05, 0) is 30.3 Å². The van der Waals surface area contributed by atoms with Crippen LogP contribution in [0.1, 0.15) is 22.0 Å². The minimum absolute atomic E-state index is 0.0136. The number of hydrogen-bond acceptors (Lipinski definition) is 8. The highest BCUT2D eigenvalue weighted by atomic mass is 35.5. The average molecular weight is 532 g/mol. The van der Waals surface area contributed by atoms with Gasteiger partial charge in [0.25, 0.3) is 5.91 Å². The number of ether oxygens (including phenoxy) is 3. The van der Waals surface area contributed by atoms with Gasteiger partial charge in [-0.15, -0.1) is 11.3 Å². The number of alkyl halides is 3. The molecule has 0 saturated heterocycles. The molecule has 3 rings (SSSR count). The molecule has 1 amide bonds. The van der Waals surface area contributed by atoms with Gasteiger partial charge in [-0.25, -0.2) is 9.97 Å². The summed E-state index contributed by atoms with van der Waals surface area (Å²) in [6, 6.07) is 6.72. The van der Waals surface area contributed by atoms with E-state index in [9.17, 15) is 18.0 Å². The molecule has 0 aliphatic rings. The molecular weight excluding hydrogens is 511 g/mol. The highest BCUT2D eigenvalue weighted by Gasteiger charge is 2.42. The second kappa shape index (κ2) is 11.6. The number of hydrogen-bond donors (Lipinski definition) is 2. The van der Waals surface area contributed by atoms with E-state index < -0.39 is 24.5 Å². The SMILES string of the molecule is COc1cc(C(=O)NCC(c2ccc(OC)c(-c3cnc(Cl)s3)n2)C(F)(F)F)ccc1OCCO. The number of amides is 1. The molecule has 1 aromatic carbocycles. The van der Waals surface area contributed by atoms with Crippen LogP contribution >= 0.6 is 22.9 Å². The van der Waals surface area contributed by atoms with Gasteiger partial charge in [0.1, 0.15) is 24.0 Å². The highest BCUT2D eigenvalue weighted by Crippen LogP contribution is 2.38. The number of nitrogens with one attached hydrogen (secondary N) is 1. The quantitative estimate of drug-likeness (QED) is 0.401. The number of pyridine rings is 1. The maximum Gasteiger partial charge on any atom is 0.398 e. The number of aliphatic hydroxyl groups excluding tert-OH is 1. The number of nitrogens with zero attached hydrogens (tertiary/aromatic N) is 2. The van der Waals surface area contributed by atoms with Gasteiger partial charge in [0, 0.05) is 18.3 Å². The number of aliphatic hydroxyl groups is 1. The van der Waals surface area contributed by atoms with E-state index in [0.29, 0.717) is 4.88 Å². The fourth-order valence-corrected chi connectivity index (χ4v) is 4.06. The lowest BCUT2D eigenvalue weighted by atomic mass is 10.0. The van der Waals surface area contributed by atoms with Gasteiger partial charge in [-0.1, -0.05) is 11.6 Å².